The highest BCUT2D eigenvalue weighted by Crippen LogP contribution is 2.26. The highest BCUT2D eigenvalue weighted by molar-refractivity contribution is 7.89. The topological polar surface area (TPSA) is 88.3 Å². The van der Waals surface area contributed by atoms with Gasteiger partial charge in [0.2, 0.25) is 10.0 Å². The summed E-state index contributed by atoms with van der Waals surface area (Å²) < 4.78 is 27.0. The van der Waals surface area contributed by atoms with Gasteiger partial charge in [-0.2, -0.15) is 4.31 Å². The molecule has 1 aromatic rings. The van der Waals surface area contributed by atoms with Gasteiger partial charge in [-0.1, -0.05) is 19.8 Å². The Labute approximate surface area is 126 Å². The molecule has 0 amide bonds. The maximum absolute atomic E-state index is 12.7. The fourth-order valence-electron chi connectivity index (χ4n) is 2.88. The van der Waals surface area contributed by atoms with E-state index < -0.39 is 10.0 Å². The van der Waals surface area contributed by atoms with Gasteiger partial charge >= 0.3 is 0 Å². The molecule has 1 unspecified atom stereocenters. The number of nitrogens with zero attached hydrogens (tertiary/aromatic N) is 2. The van der Waals surface area contributed by atoms with Crippen molar-refractivity contribution >= 4 is 15.8 Å². The number of nitrogen functional groups attached to an aromatic ring is 1. The molecule has 1 fully saturated rings. The van der Waals surface area contributed by atoms with E-state index in [0.29, 0.717) is 24.8 Å². The molecule has 3 N–H and O–H groups in total. The summed E-state index contributed by atoms with van der Waals surface area (Å²) >= 11 is 0. The van der Waals surface area contributed by atoms with Crippen molar-refractivity contribution in [1.82, 2.24) is 9.29 Å². The number of pyridine rings is 1. The number of nitrogens with two attached hydrogens (primary N) is 1. The molecule has 0 spiro atoms. The van der Waals surface area contributed by atoms with Crippen LogP contribution in [0.5, 0.6) is 0 Å². The van der Waals surface area contributed by atoms with E-state index in [1.165, 1.54) is 24.8 Å². The molecule has 7 heteroatoms. The normalized spacial score (nSPS) is 21.0. The number of hydrogen-bond donors (Lipinski definition) is 2. The summed E-state index contributed by atoms with van der Waals surface area (Å²) in [6.45, 7) is 3.37. The van der Waals surface area contributed by atoms with Gasteiger partial charge in [0.15, 0.2) is 0 Å². The second kappa shape index (κ2) is 7.20. The predicted octanol–water partition coefficient (Wildman–Crippen LogP) is 1.96. The molecule has 2 heterocycles. The van der Waals surface area contributed by atoms with Crippen LogP contribution in [0, 0.1) is 5.92 Å². The lowest BCUT2D eigenvalue weighted by Gasteiger charge is -2.20. The summed E-state index contributed by atoms with van der Waals surface area (Å²) in [5.74, 6) is 6.30. The van der Waals surface area contributed by atoms with E-state index in [4.69, 9.17) is 5.84 Å². The molecule has 0 bridgehead atoms. The van der Waals surface area contributed by atoms with Crippen molar-refractivity contribution in [1.29, 1.82) is 0 Å². The molecule has 1 aliphatic rings. The van der Waals surface area contributed by atoms with E-state index in [9.17, 15) is 8.42 Å². The Kier molecular flexibility index (Phi) is 5.55. The number of aromatic nitrogens is 1. The molecule has 6 nitrogen and oxygen atoms in total. The number of rotatable bonds is 5. The van der Waals surface area contributed by atoms with Gasteiger partial charge in [0.25, 0.3) is 0 Å². The van der Waals surface area contributed by atoms with Gasteiger partial charge < -0.3 is 5.43 Å². The van der Waals surface area contributed by atoms with Crippen LogP contribution in [0.2, 0.25) is 0 Å². The molecule has 0 aromatic carbocycles. The van der Waals surface area contributed by atoms with E-state index in [2.05, 4.69) is 17.3 Å². The number of nitrogens with one attached hydrogen (secondary N) is 1. The summed E-state index contributed by atoms with van der Waals surface area (Å²) in [4.78, 5) is 4.20. The van der Waals surface area contributed by atoms with E-state index in [1.54, 1.807) is 4.31 Å². The van der Waals surface area contributed by atoms with Crippen LogP contribution in [0.25, 0.3) is 0 Å². The Morgan fingerprint density at radius 1 is 1.43 bits per heavy atom. The van der Waals surface area contributed by atoms with Crippen molar-refractivity contribution < 1.29 is 8.42 Å². The molecule has 0 radical (unpaired) electrons. The largest absolute Gasteiger partial charge is 0.308 e. The Balaban J connectivity index is 2.15. The van der Waals surface area contributed by atoms with Crippen molar-refractivity contribution in [3.05, 3.63) is 18.3 Å². The zero-order valence-electron chi connectivity index (χ0n) is 12.5. The summed E-state index contributed by atoms with van der Waals surface area (Å²) in [6, 6.07) is 2.99. The summed E-state index contributed by atoms with van der Waals surface area (Å²) in [5, 5.41) is 0. The highest BCUT2D eigenvalue weighted by atomic mass is 32.2. The molecule has 118 valence electrons. The number of hydrogen-bond acceptors (Lipinski definition) is 5. The monoisotopic (exact) mass is 312 g/mol. The molecule has 0 saturated carbocycles. The van der Waals surface area contributed by atoms with Crippen LogP contribution in [0.4, 0.5) is 5.82 Å². The second-order valence-electron chi connectivity index (χ2n) is 5.51. The summed E-state index contributed by atoms with van der Waals surface area (Å²) in [6.07, 6.45) is 6.79. The van der Waals surface area contributed by atoms with E-state index >= 15 is 0 Å². The first kappa shape index (κ1) is 16.2. The smallest absolute Gasteiger partial charge is 0.243 e. The molecule has 0 aliphatic carbocycles. The third kappa shape index (κ3) is 3.93. The molecule has 21 heavy (non-hydrogen) atoms. The summed E-state index contributed by atoms with van der Waals surface area (Å²) in [5.41, 5.74) is 2.38. The zero-order chi connectivity index (χ0) is 15.3. The van der Waals surface area contributed by atoms with Crippen LogP contribution in [0.15, 0.2) is 23.2 Å². The third-order valence-corrected chi connectivity index (χ3v) is 5.92. The maximum atomic E-state index is 12.7. The van der Waals surface area contributed by atoms with Crippen LogP contribution >= 0.6 is 0 Å². The standard InChI is InChI=1S/C14H24N4O2S/c1-2-4-12-5-3-9-18(10-7-12)21(19,20)13-6-8-16-14(11-13)17-15/h6,8,11-12H,2-5,7,9-10,15H2,1H3,(H,16,17). The lowest BCUT2D eigenvalue weighted by molar-refractivity contribution is 0.400. The number of anilines is 1. The minimum Gasteiger partial charge on any atom is -0.308 e. The van der Waals surface area contributed by atoms with Crippen LogP contribution in [-0.4, -0.2) is 30.8 Å². The van der Waals surface area contributed by atoms with Gasteiger partial charge in [-0.05, 0) is 31.2 Å². The first-order valence-corrected chi connectivity index (χ1v) is 8.94. The fraction of sp³-hybridized carbons (Fsp3) is 0.643. The van der Waals surface area contributed by atoms with Crippen molar-refractivity contribution in [3.8, 4) is 0 Å². The Morgan fingerprint density at radius 2 is 2.24 bits per heavy atom. The van der Waals surface area contributed by atoms with Gasteiger partial charge in [-0.3, -0.25) is 0 Å². The average molecular weight is 312 g/mol. The van der Waals surface area contributed by atoms with Crippen molar-refractivity contribution in [2.24, 2.45) is 11.8 Å². The number of hydrazine groups is 1. The van der Waals surface area contributed by atoms with Gasteiger partial charge in [0.1, 0.15) is 5.82 Å². The predicted molar refractivity (Wildman–Crippen MR) is 83.1 cm³/mol. The SMILES string of the molecule is CCCC1CCCN(S(=O)(=O)c2ccnc(NN)c2)CC1. The van der Waals surface area contributed by atoms with Crippen LogP contribution in [0.3, 0.4) is 0 Å². The minimum atomic E-state index is -3.46. The van der Waals surface area contributed by atoms with Gasteiger partial charge in [-0.25, -0.2) is 19.2 Å². The lowest BCUT2D eigenvalue weighted by Crippen LogP contribution is -2.32. The Hall–Kier alpha value is -1.18. The molecule has 1 saturated heterocycles. The van der Waals surface area contributed by atoms with Crippen molar-refractivity contribution in [2.75, 3.05) is 18.5 Å². The molecule has 1 atom stereocenters. The third-order valence-electron chi connectivity index (χ3n) is 4.02. The molecule has 2 rings (SSSR count). The fourth-order valence-corrected chi connectivity index (χ4v) is 4.38. The first-order valence-electron chi connectivity index (χ1n) is 7.50. The molecule has 1 aliphatic heterocycles. The van der Waals surface area contributed by atoms with Crippen LogP contribution in [0.1, 0.15) is 39.0 Å². The Morgan fingerprint density at radius 3 is 2.95 bits per heavy atom. The summed E-state index contributed by atoms with van der Waals surface area (Å²) in [7, 11) is -3.46. The lowest BCUT2D eigenvalue weighted by atomic mass is 9.96. The highest BCUT2D eigenvalue weighted by Gasteiger charge is 2.27. The quantitative estimate of drug-likeness (QED) is 0.641. The zero-order valence-corrected chi connectivity index (χ0v) is 13.3. The van der Waals surface area contributed by atoms with Gasteiger partial charge in [-0.15, -0.1) is 0 Å². The first-order chi connectivity index (χ1) is 10.1. The maximum Gasteiger partial charge on any atom is 0.243 e. The van der Waals surface area contributed by atoms with E-state index in [-0.39, 0.29) is 4.90 Å². The van der Waals surface area contributed by atoms with Crippen molar-refractivity contribution in [3.63, 3.8) is 0 Å². The van der Waals surface area contributed by atoms with Crippen LogP contribution < -0.4 is 11.3 Å². The average Bonchev–Trinajstić information content (AvgIpc) is 2.74. The number of sulfonamides is 1. The second-order valence-corrected chi connectivity index (χ2v) is 7.45. The van der Waals surface area contributed by atoms with E-state index in [1.807, 2.05) is 0 Å². The van der Waals surface area contributed by atoms with Crippen molar-refractivity contribution in [2.45, 2.75) is 43.9 Å². The van der Waals surface area contributed by atoms with E-state index in [0.717, 1.165) is 25.7 Å². The minimum absolute atomic E-state index is 0.249. The van der Waals surface area contributed by atoms with Gasteiger partial charge in [0, 0.05) is 25.4 Å². The molecular formula is C14H24N4O2S. The Bertz CT molecular complexity index is 562. The van der Waals surface area contributed by atoms with Gasteiger partial charge in [0.05, 0.1) is 4.90 Å². The molecular weight excluding hydrogens is 288 g/mol. The molecule has 1 aromatic heterocycles. The van der Waals surface area contributed by atoms with Crippen LogP contribution in [-0.2, 0) is 10.0 Å².